The van der Waals surface area contributed by atoms with E-state index in [2.05, 4.69) is 23.6 Å². The minimum atomic E-state index is -0.206. The van der Waals surface area contributed by atoms with Crippen molar-refractivity contribution >= 4 is 44.6 Å². The van der Waals surface area contributed by atoms with Crippen LogP contribution in [0.15, 0.2) is 70.7 Å². The zero-order valence-electron chi connectivity index (χ0n) is 16.7. The molecule has 0 bridgehead atoms. The number of hydrogen-bond acceptors (Lipinski definition) is 4. The van der Waals surface area contributed by atoms with Crippen LogP contribution >= 0.6 is 11.3 Å². The summed E-state index contributed by atoms with van der Waals surface area (Å²) in [5, 5.41) is 3.27. The number of amides is 2. The van der Waals surface area contributed by atoms with Crippen LogP contribution in [-0.2, 0) is 4.79 Å². The summed E-state index contributed by atoms with van der Waals surface area (Å²) in [6, 6.07) is 17.5. The van der Waals surface area contributed by atoms with Gasteiger partial charge in [-0.15, -0.1) is 11.3 Å². The molecule has 150 valence electrons. The van der Waals surface area contributed by atoms with E-state index < -0.39 is 0 Å². The lowest BCUT2D eigenvalue weighted by molar-refractivity contribution is -0.117. The lowest BCUT2D eigenvalue weighted by Gasteiger charge is -2.40. The normalized spacial score (nSPS) is 16.0. The fourth-order valence-corrected chi connectivity index (χ4v) is 5.15. The van der Waals surface area contributed by atoms with E-state index in [1.807, 2.05) is 31.2 Å². The first-order valence-electron chi connectivity index (χ1n) is 9.80. The van der Waals surface area contributed by atoms with Gasteiger partial charge in [0.05, 0.1) is 23.7 Å². The standard InChI is InChI=1S/C24H20N2O3S/c1-15-14-25(24(28)22-7-4-11-29-22)21-13-18(8-9-20(21)26(15)16(2)27)19-6-3-5-17-10-12-30-23(17)19/h3-13,15H,14H2,1-2H3/t15-/m0/s1. The van der Waals surface area contributed by atoms with Crippen LogP contribution < -0.4 is 9.80 Å². The van der Waals surface area contributed by atoms with Gasteiger partial charge in [-0.1, -0.05) is 24.3 Å². The molecule has 0 aliphatic carbocycles. The predicted octanol–water partition coefficient (Wildman–Crippen LogP) is 5.56. The van der Waals surface area contributed by atoms with Gasteiger partial charge in [-0.05, 0) is 59.1 Å². The Morgan fingerprint density at radius 2 is 1.93 bits per heavy atom. The first-order chi connectivity index (χ1) is 14.5. The molecule has 4 aromatic rings. The van der Waals surface area contributed by atoms with Crippen molar-refractivity contribution in [3.63, 3.8) is 0 Å². The highest BCUT2D eigenvalue weighted by atomic mass is 32.1. The maximum atomic E-state index is 13.2. The third-order valence-corrected chi connectivity index (χ3v) is 6.48. The molecule has 0 unspecified atom stereocenters. The molecule has 0 N–H and O–H groups in total. The number of rotatable bonds is 2. The summed E-state index contributed by atoms with van der Waals surface area (Å²) < 4.78 is 6.57. The van der Waals surface area contributed by atoms with Crippen LogP contribution in [0.3, 0.4) is 0 Å². The van der Waals surface area contributed by atoms with Crippen molar-refractivity contribution in [3.8, 4) is 11.1 Å². The molecular weight excluding hydrogens is 396 g/mol. The number of anilines is 2. The Morgan fingerprint density at radius 1 is 1.07 bits per heavy atom. The highest BCUT2D eigenvalue weighted by Gasteiger charge is 2.35. The number of carbonyl (C=O) groups excluding carboxylic acids is 2. The van der Waals surface area contributed by atoms with E-state index in [9.17, 15) is 9.59 Å². The van der Waals surface area contributed by atoms with Gasteiger partial charge >= 0.3 is 0 Å². The molecule has 5 rings (SSSR count). The summed E-state index contributed by atoms with van der Waals surface area (Å²) in [5.74, 6) is 0.0416. The van der Waals surface area contributed by atoms with Gasteiger partial charge in [-0.2, -0.15) is 0 Å². The van der Waals surface area contributed by atoms with Crippen LogP contribution in [0, 0.1) is 0 Å². The Hall–Kier alpha value is -3.38. The highest BCUT2D eigenvalue weighted by Crippen LogP contribution is 2.41. The molecule has 1 aliphatic rings. The lowest BCUT2D eigenvalue weighted by atomic mass is 9.99. The number of carbonyl (C=O) groups is 2. The van der Waals surface area contributed by atoms with Crippen molar-refractivity contribution in [2.75, 3.05) is 16.3 Å². The minimum absolute atomic E-state index is 0.0399. The van der Waals surface area contributed by atoms with Crippen molar-refractivity contribution < 1.29 is 14.0 Å². The smallest absolute Gasteiger partial charge is 0.294 e. The van der Waals surface area contributed by atoms with E-state index in [1.54, 1.807) is 40.2 Å². The van der Waals surface area contributed by atoms with Crippen molar-refractivity contribution in [1.82, 2.24) is 0 Å². The molecule has 0 saturated heterocycles. The summed E-state index contributed by atoms with van der Waals surface area (Å²) in [5.41, 5.74) is 3.58. The highest BCUT2D eigenvalue weighted by molar-refractivity contribution is 7.17. The van der Waals surface area contributed by atoms with Gasteiger partial charge in [0.15, 0.2) is 5.76 Å². The van der Waals surface area contributed by atoms with E-state index in [0.717, 1.165) is 22.5 Å². The number of nitrogens with zero attached hydrogens (tertiary/aromatic N) is 2. The fourth-order valence-electron chi connectivity index (χ4n) is 4.22. The number of hydrogen-bond donors (Lipinski definition) is 0. The number of thiophene rings is 1. The second-order valence-electron chi connectivity index (χ2n) is 7.48. The van der Waals surface area contributed by atoms with Gasteiger partial charge in [0.2, 0.25) is 5.91 Å². The van der Waals surface area contributed by atoms with E-state index in [4.69, 9.17) is 4.42 Å². The predicted molar refractivity (Wildman–Crippen MR) is 120 cm³/mol. The van der Waals surface area contributed by atoms with E-state index in [-0.39, 0.29) is 23.6 Å². The largest absolute Gasteiger partial charge is 0.459 e. The molecule has 0 radical (unpaired) electrons. The topological polar surface area (TPSA) is 53.8 Å². The molecule has 0 spiro atoms. The van der Waals surface area contributed by atoms with Crippen LogP contribution in [0.4, 0.5) is 11.4 Å². The van der Waals surface area contributed by atoms with Crippen molar-refractivity contribution in [3.05, 3.63) is 72.0 Å². The average molecular weight is 417 g/mol. The van der Waals surface area contributed by atoms with E-state index in [1.165, 1.54) is 16.3 Å². The molecule has 2 amide bonds. The first kappa shape index (κ1) is 18.6. The summed E-state index contributed by atoms with van der Waals surface area (Å²) in [7, 11) is 0. The second kappa shape index (κ2) is 7.15. The molecule has 1 atom stereocenters. The van der Waals surface area contributed by atoms with Gasteiger partial charge in [0.1, 0.15) is 0 Å². The summed E-state index contributed by atoms with van der Waals surface area (Å²) in [4.78, 5) is 29.1. The van der Waals surface area contributed by atoms with Crippen molar-refractivity contribution in [2.24, 2.45) is 0 Å². The number of fused-ring (bicyclic) bond motifs is 2. The van der Waals surface area contributed by atoms with Gasteiger partial charge < -0.3 is 14.2 Å². The van der Waals surface area contributed by atoms with Crippen LogP contribution in [-0.4, -0.2) is 24.4 Å². The maximum absolute atomic E-state index is 13.2. The van der Waals surface area contributed by atoms with Crippen molar-refractivity contribution in [2.45, 2.75) is 19.9 Å². The van der Waals surface area contributed by atoms with E-state index >= 15 is 0 Å². The molecule has 5 nitrogen and oxygen atoms in total. The molecular formula is C24H20N2O3S. The Balaban J connectivity index is 1.69. The third-order valence-electron chi connectivity index (χ3n) is 5.52. The van der Waals surface area contributed by atoms with Crippen LogP contribution in [0.1, 0.15) is 24.4 Å². The maximum Gasteiger partial charge on any atom is 0.294 e. The van der Waals surface area contributed by atoms with Gasteiger partial charge in [0.25, 0.3) is 5.91 Å². The zero-order chi connectivity index (χ0) is 20.8. The summed E-state index contributed by atoms with van der Waals surface area (Å²) in [6.07, 6.45) is 1.50. The molecule has 30 heavy (non-hydrogen) atoms. The lowest BCUT2D eigenvalue weighted by Crippen LogP contribution is -2.51. The minimum Gasteiger partial charge on any atom is -0.459 e. The molecule has 0 fully saturated rings. The molecule has 2 aromatic heterocycles. The molecule has 3 heterocycles. The van der Waals surface area contributed by atoms with Crippen molar-refractivity contribution in [1.29, 1.82) is 0 Å². The Labute approximate surface area is 178 Å². The Kier molecular flexibility index (Phi) is 4.44. The molecule has 2 aromatic carbocycles. The average Bonchev–Trinajstić information content (AvgIpc) is 3.43. The SMILES string of the molecule is CC(=O)N1c2ccc(-c3cccc4ccsc34)cc2N(C(=O)c2ccco2)C[C@@H]1C. The molecule has 1 aliphatic heterocycles. The van der Waals surface area contributed by atoms with Gasteiger partial charge in [-0.3, -0.25) is 9.59 Å². The fraction of sp³-hybridized carbons (Fsp3) is 0.167. The first-order valence-corrected chi connectivity index (χ1v) is 10.7. The number of furan rings is 1. The Bertz CT molecular complexity index is 1260. The molecule has 6 heteroatoms. The summed E-state index contributed by atoms with van der Waals surface area (Å²) in [6.45, 7) is 3.91. The van der Waals surface area contributed by atoms with Gasteiger partial charge in [0, 0.05) is 18.2 Å². The van der Waals surface area contributed by atoms with Crippen LogP contribution in [0.25, 0.3) is 21.2 Å². The monoisotopic (exact) mass is 416 g/mol. The Morgan fingerprint density at radius 3 is 2.70 bits per heavy atom. The number of benzene rings is 2. The second-order valence-corrected chi connectivity index (χ2v) is 8.40. The quantitative estimate of drug-likeness (QED) is 0.430. The zero-order valence-corrected chi connectivity index (χ0v) is 17.5. The van der Waals surface area contributed by atoms with E-state index in [0.29, 0.717) is 6.54 Å². The van der Waals surface area contributed by atoms with Gasteiger partial charge in [-0.25, -0.2) is 0 Å². The molecule has 0 saturated carbocycles. The summed E-state index contributed by atoms with van der Waals surface area (Å²) >= 11 is 1.70. The third kappa shape index (κ3) is 2.92. The van der Waals surface area contributed by atoms with Crippen LogP contribution in [0.2, 0.25) is 0 Å². The van der Waals surface area contributed by atoms with Crippen LogP contribution in [0.5, 0.6) is 0 Å².